The van der Waals surface area contributed by atoms with Crippen molar-refractivity contribution in [3.05, 3.63) is 18.0 Å². The van der Waals surface area contributed by atoms with Gasteiger partial charge in [-0.15, -0.1) is 0 Å². The van der Waals surface area contributed by atoms with Crippen molar-refractivity contribution in [1.82, 2.24) is 15.4 Å². The highest BCUT2D eigenvalue weighted by Crippen LogP contribution is 1.93. The maximum Gasteiger partial charge on any atom is 0.323 e. The Bertz CT molecular complexity index is 336. The van der Waals surface area contributed by atoms with E-state index in [-0.39, 0.29) is 13.1 Å². The number of nitrogens with zero attached hydrogens (tertiary/aromatic N) is 2. The number of carbonyl (C=O) groups excluding carboxylic acids is 1. The predicted molar refractivity (Wildman–Crippen MR) is 49.0 cm³/mol. The molecule has 0 unspecified atom stereocenters. The van der Waals surface area contributed by atoms with Gasteiger partial charge in [-0.05, 0) is 0 Å². The summed E-state index contributed by atoms with van der Waals surface area (Å²) in [5, 5.41) is 14.5. The van der Waals surface area contributed by atoms with Gasteiger partial charge in [0.1, 0.15) is 18.5 Å². The molecule has 7 heteroatoms. The Hall–Kier alpha value is -2.05. The van der Waals surface area contributed by atoms with Gasteiger partial charge in [-0.1, -0.05) is 5.16 Å². The zero-order valence-corrected chi connectivity index (χ0v) is 8.14. The van der Waals surface area contributed by atoms with Crippen LogP contribution in [-0.4, -0.2) is 40.8 Å². The number of aromatic nitrogens is 1. The molecule has 1 aromatic heterocycles. The summed E-state index contributed by atoms with van der Waals surface area (Å²) in [7, 11) is 1.40. The van der Waals surface area contributed by atoms with Crippen LogP contribution in [-0.2, 0) is 11.3 Å². The van der Waals surface area contributed by atoms with E-state index in [1.54, 1.807) is 6.07 Å². The summed E-state index contributed by atoms with van der Waals surface area (Å²) in [5.41, 5.74) is 0.576. The maximum atomic E-state index is 11.3. The normalized spacial score (nSPS) is 9.67. The highest BCUT2D eigenvalue weighted by Gasteiger charge is 2.11. The van der Waals surface area contributed by atoms with Gasteiger partial charge in [0.05, 0.1) is 6.54 Å². The fraction of sp³-hybridized carbons (Fsp3) is 0.375. The Morgan fingerprint density at radius 2 is 2.40 bits per heavy atom. The number of aliphatic carboxylic acids is 1. The Morgan fingerprint density at radius 3 is 2.93 bits per heavy atom. The second kappa shape index (κ2) is 4.99. The van der Waals surface area contributed by atoms with E-state index in [1.807, 2.05) is 0 Å². The van der Waals surface area contributed by atoms with E-state index in [1.165, 1.54) is 13.3 Å². The lowest BCUT2D eigenvalue weighted by atomic mass is 10.4. The first-order valence-corrected chi connectivity index (χ1v) is 4.19. The van der Waals surface area contributed by atoms with Gasteiger partial charge in [-0.2, -0.15) is 0 Å². The molecule has 15 heavy (non-hydrogen) atoms. The molecule has 0 atom stereocenters. The van der Waals surface area contributed by atoms with Crippen LogP contribution in [0.2, 0.25) is 0 Å². The molecule has 1 heterocycles. The van der Waals surface area contributed by atoms with Gasteiger partial charge in [0.25, 0.3) is 0 Å². The van der Waals surface area contributed by atoms with Crippen molar-refractivity contribution in [3.63, 3.8) is 0 Å². The van der Waals surface area contributed by atoms with E-state index in [9.17, 15) is 9.59 Å². The number of urea groups is 1. The second-order valence-corrected chi connectivity index (χ2v) is 2.90. The summed E-state index contributed by atoms with van der Waals surface area (Å²) in [4.78, 5) is 22.6. The molecule has 0 saturated carbocycles. The summed E-state index contributed by atoms with van der Waals surface area (Å²) < 4.78 is 4.56. The lowest BCUT2D eigenvalue weighted by Gasteiger charge is -2.14. The van der Waals surface area contributed by atoms with Crippen LogP contribution in [0.3, 0.4) is 0 Å². The highest BCUT2D eigenvalue weighted by atomic mass is 16.5. The Morgan fingerprint density at radius 1 is 1.67 bits per heavy atom. The van der Waals surface area contributed by atoms with Gasteiger partial charge in [0, 0.05) is 13.1 Å². The monoisotopic (exact) mass is 213 g/mol. The van der Waals surface area contributed by atoms with Crippen LogP contribution in [0.25, 0.3) is 0 Å². The van der Waals surface area contributed by atoms with Gasteiger partial charge in [-0.3, -0.25) is 4.79 Å². The molecule has 82 valence electrons. The molecule has 0 radical (unpaired) electrons. The lowest BCUT2D eigenvalue weighted by molar-refractivity contribution is -0.137. The second-order valence-electron chi connectivity index (χ2n) is 2.90. The van der Waals surface area contributed by atoms with E-state index < -0.39 is 12.0 Å². The molecule has 1 aromatic rings. The molecular weight excluding hydrogens is 202 g/mol. The smallest absolute Gasteiger partial charge is 0.323 e. The predicted octanol–water partition coefficient (Wildman–Crippen LogP) is -0.0994. The molecule has 0 aliphatic carbocycles. The minimum Gasteiger partial charge on any atom is -0.480 e. The van der Waals surface area contributed by atoms with Crippen LogP contribution in [0, 0.1) is 0 Å². The van der Waals surface area contributed by atoms with Crippen molar-refractivity contribution in [2.24, 2.45) is 0 Å². The van der Waals surface area contributed by atoms with E-state index in [0.717, 1.165) is 4.90 Å². The number of amides is 2. The third-order valence-electron chi connectivity index (χ3n) is 1.63. The largest absolute Gasteiger partial charge is 0.480 e. The van der Waals surface area contributed by atoms with E-state index >= 15 is 0 Å². The first kappa shape index (κ1) is 11.0. The highest BCUT2D eigenvalue weighted by molar-refractivity contribution is 5.79. The van der Waals surface area contributed by atoms with Crippen molar-refractivity contribution in [1.29, 1.82) is 0 Å². The van der Waals surface area contributed by atoms with Crippen molar-refractivity contribution < 1.29 is 19.2 Å². The fourth-order valence-corrected chi connectivity index (χ4v) is 0.905. The molecule has 0 spiro atoms. The molecule has 2 amide bonds. The Balaban J connectivity index is 2.32. The third kappa shape index (κ3) is 3.67. The Labute approximate surface area is 85.6 Å². The topological polar surface area (TPSA) is 95.7 Å². The molecule has 0 bridgehead atoms. The van der Waals surface area contributed by atoms with E-state index in [4.69, 9.17) is 5.11 Å². The van der Waals surface area contributed by atoms with Crippen LogP contribution < -0.4 is 5.32 Å². The van der Waals surface area contributed by atoms with Crippen molar-refractivity contribution in [3.8, 4) is 0 Å². The standard InChI is InChI=1S/C8H11N3O4/c1-11(5-7(12)13)8(14)9-4-6-2-3-15-10-6/h2-3H,4-5H2,1H3,(H,9,14)(H,12,13). The third-order valence-corrected chi connectivity index (χ3v) is 1.63. The lowest BCUT2D eigenvalue weighted by Crippen LogP contribution is -2.39. The first-order chi connectivity index (χ1) is 7.09. The van der Waals surface area contributed by atoms with Crippen LogP contribution in [0.1, 0.15) is 5.69 Å². The molecule has 7 nitrogen and oxygen atoms in total. The number of nitrogens with one attached hydrogen (secondary N) is 1. The average Bonchev–Trinajstić information content (AvgIpc) is 2.65. The first-order valence-electron chi connectivity index (χ1n) is 4.19. The SMILES string of the molecule is CN(CC(=O)O)C(=O)NCc1ccon1. The quantitative estimate of drug-likeness (QED) is 0.728. The van der Waals surface area contributed by atoms with Crippen LogP contribution >= 0.6 is 0 Å². The number of carbonyl (C=O) groups is 2. The summed E-state index contributed by atoms with van der Waals surface area (Å²) >= 11 is 0. The molecule has 0 aliphatic rings. The summed E-state index contributed by atoms with van der Waals surface area (Å²) in [6.07, 6.45) is 1.39. The summed E-state index contributed by atoms with van der Waals surface area (Å²) in [6.45, 7) is -0.135. The van der Waals surface area contributed by atoms with Gasteiger partial charge in [0.15, 0.2) is 0 Å². The van der Waals surface area contributed by atoms with Crippen LogP contribution in [0.4, 0.5) is 4.79 Å². The minimum atomic E-state index is -1.06. The number of rotatable bonds is 4. The molecule has 0 aromatic carbocycles. The average molecular weight is 213 g/mol. The van der Waals surface area contributed by atoms with Gasteiger partial charge in [-0.25, -0.2) is 4.79 Å². The molecule has 2 N–H and O–H groups in total. The zero-order valence-electron chi connectivity index (χ0n) is 8.14. The number of carboxylic acids is 1. The van der Waals surface area contributed by atoms with Crippen molar-refractivity contribution in [2.75, 3.05) is 13.6 Å². The number of likely N-dealkylation sites (N-methyl/N-ethyl adjacent to an activating group) is 1. The van der Waals surface area contributed by atoms with Crippen LogP contribution in [0.15, 0.2) is 16.9 Å². The maximum absolute atomic E-state index is 11.3. The van der Waals surface area contributed by atoms with Gasteiger partial charge in [0.2, 0.25) is 0 Å². The van der Waals surface area contributed by atoms with Crippen molar-refractivity contribution in [2.45, 2.75) is 6.54 Å². The van der Waals surface area contributed by atoms with Gasteiger partial charge < -0.3 is 19.8 Å². The number of hydrogen-bond acceptors (Lipinski definition) is 4. The minimum absolute atomic E-state index is 0.208. The zero-order chi connectivity index (χ0) is 11.3. The molecule has 1 rings (SSSR count). The molecular formula is C8H11N3O4. The fourth-order valence-electron chi connectivity index (χ4n) is 0.905. The van der Waals surface area contributed by atoms with E-state index in [2.05, 4.69) is 15.0 Å². The van der Waals surface area contributed by atoms with Crippen LogP contribution in [0.5, 0.6) is 0 Å². The summed E-state index contributed by atoms with van der Waals surface area (Å²) in [5.74, 6) is -1.06. The summed E-state index contributed by atoms with van der Waals surface area (Å²) in [6, 6.07) is 1.14. The van der Waals surface area contributed by atoms with Crippen molar-refractivity contribution >= 4 is 12.0 Å². The van der Waals surface area contributed by atoms with Gasteiger partial charge >= 0.3 is 12.0 Å². The number of carboxylic acid groups (broad SMARTS) is 1. The molecule has 0 aliphatic heterocycles. The Kier molecular flexibility index (Phi) is 3.67. The number of hydrogen-bond donors (Lipinski definition) is 2. The van der Waals surface area contributed by atoms with E-state index in [0.29, 0.717) is 5.69 Å². The molecule has 0 fully saturated rings. The molecule has 0 saturated heterocycles.